The standard InChI is InChI=1S/C20H25N3O3/c1-15-13-16(3-4-18(15)25-2)5-7-22-20(24)17-6-8-21-19(14-17)23-9-11-26-12-10-23/h3-4,6,8,13-14H,5,7,9-12H2,1-2H3,(H,22,24). The van der Waals surface area contributed by atoms with Gasteiger partial charge in [0.05, 0.1) is 20.3 Å². The number of nitrogens with zero attached hydrogens (tertiary/aromatic N) is 2. The Morgan fingerprint density at radius 3 is 2.81 bits per heavy atom. The van der Waals surface area contributed by atoms with E-state index in [1.807, 2.05) is 25.1 Å². The van der Waals surface area contributed by atoms with Crippen LogP contribution in [0.1, 0.15) is 21.5 Å². The molecule has 0 aliphatic carbocycles. The Labute approximate surface area is 154 Å². The molecular formula is C20H25N3O3. The third-order valence-electron chi connectivity index (χ3n) is 4.50. The molecule has 2 heterocycles. The monoisotopic (exact) mass is 355 g/mol. The van der Waals surface area contributed by atoms with E-state index in [1.165, 1.54) is 5.56 Å². The summed E-state index contributed by atoms with van der Waals surface area (Å²) in [7, 11) is 1.67. The Morgan fingerprint density at radius 1 is 1.27 bits per heavy atom. The number of anilines is 1. The summed E-state index contributed by atoms with van der Waals surface area (Å²) in [6, 6.07) is 9.67. The molecule has 1 saturated heterocycles. The van der Waals surface area contributed by atoms with Gasteiger partial charge in [0, 0.05) is 31.4 Å². The van der Waals surface area contributed by atoms with E-state index in [0.29, 0.717) is 25.3 Å². The van der Waals surface area contributed by atoms with Gasteiger partial charge in [-0.1, -0.05) is 12.1 Å². The van der Waals surface area contributed by atoms with Gasteiger partial charge in [-0.2, -0.15) is 0 Å². The average molecular weight is 355 g/mol. The number of rotatable bonds is 6. The Hall–Kier alpha value is -2.60. The van der Waals surface area contributed by atoms with Crippen molar-refractivity contribution in [2.24, 2.45) is 0 Å². The quantitative estimate of drug-likeness (QED) is 0.861. The number of methoxy groups -OCH3 is 1. The van der Waals surface area contributed by atoms with Crippen LogP contribution >= 0.6 is 0 Å². The second-order valence-corrected chi connectivity index (χ2v) is 6.31. The maximum Gasteiger partial charge on any atom is 0.251 e. The van der Waals surface area contributed by atoms with Crippen LogP contribution in [0.5, 0.6) is 5.75 Å². The maximum atomic E-state index is 12.4. The summed E-state index contributed by atoms with van der Waals surface area (Å²) in [5.41, 5.74) is 2.90. The maximum absolute atomic E-state index is 12.4. The summed E-state index contributed by atoms with van der Waals surface area (Å²) < 4.78 is 10.6. The molecule has 0 bridgehead atoms. The second kappa shape index (κ2) is 8.67. The Kier molecular flexibility index (Phi) is 6.07. The van der Waals surface area contributed by atoms with Crippen molar-refractivity contribution in [1.29, 1.82) is 0 Å². The van der Waals surface area contributed by atoms with Gasteiger partial charge in [0.15, 0.2) is 0 Å². The third-order valence-corrected chi connectivity index (χ3v) is 4.50. The Bertz CT molecular complexity index is 758. The Balaban J connectivity index is 1.55. The lowest BCUT2D eigenvalue weighted by Crippen LogP contribution is -2.37. The first kappa shape index (κ1) is 18.2. The predicted octanol–water partition coefficient (Wildman–Crippen LogP) is 2.21. The van der Waals surface area contributed by atoms with Gasteiger partial charge in [0.2, 0.25) is 0 Å². The second-order valence-electron chi connectivity index (χ2n) is 6.31. The summed E-state index contributed by atoms with van der Waals surface area (Å²) in [6.07, 6.45) is 2.46. The van der Waals surface area contributed by atoms with Gasteiger partial charge >= 0.3 is 0 Å². The van der Waals surface area contributed by atoms with Crippen LogP contribution in [-0.4, -0.2) is 50.8 Å². The van der Waals surface area contributed by atoms with Crippen molar-refractivity contribution >= 4 is 11.7 Å². The molecule has 0 radical (unpaired) electrons. The van der Waals surface area contributed by atoms with Crippen molar-refractivity contribution < 1.29 is 14.3 Å². The van der Waals surface area contributed by atoms with Crippen LogP contribution in [0.4, 0.5) is 5.82 Å². The summed E-state index contributed by atoms with van der Waals surface area (Å²) >= 11 is 0. The van der Waals surface area contributed by atoms with E-state index in [0.717, 1.165) is 36.6 Å². The molecule has 0 spiro atoms. The number of hydrogen-bond donors (Lipinski definition) is 1. The van der Waals surface area contributed by atoms with E-state index in [4.69, 9.17) is 9.47 Å². The normalized spacial score (nSPS) is 14.2. The molecule has 138 valence electrons. The number of carbonyl (C=O) groups is 1. The summed E-state index contributed by atoms with van der Waals surface area (Å²) in [4.78, 5) is 19.0. The first-order valence-electron chi connectivity index (χ1n) is 8.88. The topological polar surface area (TPSA) is 63.7 Å². The molecule has 1 aliphatic heterocycles. The highest BCUT2D eigenvalue weighted by molar-refractivity contribution is 5.94. The first-order valence-corrected chi connectivity index (χ1v) is 8.88. The molecule has 6 heteroatoms. The molecular weight excluding hydrogens is 330 g/mol. The number of carbonyl (C=O) groups excluding carboxylic acids is 1. The highest BCUT2D eigenvalue weighted by Gasteiger charge is 2.14. The van der Waals surface area contributed by atoms with Crippen molar-refractivity contribution in [3.8, 4) is 5.75 Å². The molecule has 1 aliphatic rings. The van der Waals surface area contributed by atoms with Crippen LogP contribution in [0, 0.1) is 6.92 Å². The number of morpholine rings is 1. The minimum atomic E-state index is -0.0767. The fraction of sp³-hybridized carbons (Fsp3) is 0.400. The zero-order chi connectivity index (χ0) is 18.4. The van der Waals surface area contributed by atoms with E-state index >= 15 is 0 Å². The zero-order valence-electron chi connectivity index (χ0n) is 15.3. The lowest BCUT2D eigenvalue weighted by atomic mass is 10.1. The fourth-order valence-electron chi connectivity index (χ4n) is 3.04. The number of ether oxygens (including phenoxy) is 2. The van der Waals surface area contributed by atoms with E-state index in [1.54, 1.807) is 19.4 Å². The van der Waals surface area contributed by atoms with Crippen molar-refractivity contribution in [3.05, 3.63) is 53.2 Å². The smallest absolute Gasteiger partial charge is 0.251 e. The molecule has 1 N–H and O–H groups in total. The number of amides is 1. The summed E-state index contributed by atoms with van der Waals surface area (Å²) in [6.45, 7) is 5.59. The molecule has 3 rings (SSSR count). The molecule has 6 nitrogen and oxygen atoms in total. The number of pyridine rings is 1. The average Bonchev–Trinajstić information content (AvgIpc) is 2.69. The number of nitrogens with one attached hydrogen (secondary N) is 1. The fourth-order valence-corrected chi connectivity index (χ4v) is 3.04. The van der Waals surface area contributed by atoms with Gasteiger partial charge in [0.1, 0.15) is 11.6 Å². The van der Waals surface area contributed by atoms with Gasteiger partial charge in [0.25, 0.3) is 5.91 Å². The van der Waals surface area contributed by atoms with Crippen LogP contribution in [0.15, 0.2) is 36.5 Å². The van der Waals surface area contributed by atoms with Gasteiger partial charge < -0.3 is 19.7 Å². The van der Waals surface area contributed by atoms with E-state index < -0.39 is 0 Å². The molecule has 1 fully saturated rings. The minimum Gasteiger partial charge on any atom is -0.496 e. The van der Waals surface area contributed by atoms with Crippen molar-refractivity contribution in [1.82, 2.24) is 10.3 Å². The number of aromatic nitrogens is 1. The number of hydrogen-bond acceptors (Lipinski definition) is 5. The lowest BCUT2D eigenvalue weighted by molar-refractivity contribution is 0.0954. The molecule has 0 unspecified atom stereocenters. The minimum absolute atomic E-state index is 0.0767. The van der Waals surface area contributed by atoms with Crippen molar-refractivity contribution in [3.63, 3.8) is 0 Å². The van der Waals surface area contributed by atoms with E-state index in [2.05, 4.69) is 21.3 Å². The van der Waals surface area contributed by atoms with E-state index in [9.17, 15) is 4.79 Å². The predicted molar refractivity (Wildman–Crippen MR) is 101 cm³/mol. The van der Waals surface area contributed by atoms with Crippen LogP contribution in [-0.2, 0) is 11.2 Å². The van der Waals surface area contributed by atoms with Crippen molar-refractivity contribution in [2.75, 3.05) is 44.9 Å². The molecule has 1 aromatic heterocycles. The largest absolute Gasteiger partial charge is 0.496 e. The van der Waals surface area contributed by atoms with E-state index in [-0.39, 0.29) is 5.91 Å². The molecule has 1 aromatic carbocycles. The highest BCUT2D eigenvalue weighted by atomic mass is 16.5. The van der Waals surface area contributed by atoms with Gasteiger partial charge in [-0.15, -0.1) is 0 Å². The zero-order valence-corrected chi connectivity index (χ0v) is 15.3. The van der Waals surface area contributed by atoms with Crippen LogP contribution < -0.4 is 15.0 Å². The third kappa shape index (κ3) is 4.52. The lowest BCUT2D eigenvalue weighted by Gasteiger charge is -2.27. The first-order chi connectivity index (χ1) is 12.7. The molecule has 1 amide bonds. The SMILES string of the molecule is COc1ccc(CCNC(=O)c2ccnc(N3CCOCC3)c2)cc1C. The van der Waals surface area contributed by atoms with Crippen molar-refractivity contribution in [2.45, 2.75) is 13.3 Å². The highest BCUT2D eigenvalue weighted by Crippen LogP contribution is 2.18. The Morgan fingerprint density at radius 2 is 2.08 bits per heavy atom. The molecule has 2 aromatic rings. The number of aryl methyl sites for hydroxylation is 1. The summed E-state index contributed by atoms with van der Waals surface area (Å²) in [5.74, 6) is 1.63. The number of benzene rings is 1. The van der Waals surface area contributed by atoms with Crippen LogP contribution in [0.3, 0.4) is 0 Å². The van der Waals surface area contributed by atoms with Crippen LogP contribution in [0.25, 0.3) is 0 Å². The molecule has 0 saturated carbocycles. The summed E-state index contributed by atoms with van der Waals surface area (Å²) in [5, 5.41) is 2.98. The molecule has 0 atom stereocenters. The molecule has 26 heavy (non-hydrogen) atoms. The van der Waals surface area contributed by atoms with Crippen LogP contribution in [0.2, 0.25) is 0 Å². The van der Waals surface area contributed by atoms with Gasteiger partial charge in [-0.05, 0) is 42.7 Å². The van der Waals surface area contributed by atoms with Gasteiger partial charge in [-0.25, -0.2) is 4.98 Å². The van der Waals surface area contributed by atoms with Gasteiger partial charge in [-0.3, -0.25) is 4.79 Å².